The monoisotopic (exact) mass is 258 g/mol. The second kappa shape index (κ2) is 5.77. The Morgan fingerprint density at radius 2 is 2.16 bits per heavy atom. The Kier molecular flexibility index (Phi) is 4.08. The summed E-state index contributed by atoms with van der Waals surface area (Å²) in [7, 11) is 0. The molecule has 1 aromatic rings. The summed E-state index contributed by atoms with van der Waals surface area (Å²) in [6.07, 6.45) is 5.48. The van der Waals surface area contributed by atoms with Gasteiger partial charge in [0, 0.05) is 37.4 Å². The molecule has 1 aromatic carbocycles. The van der Waals surface area contributed by atoms with Gasteiger partial charge in [0.25, 0.3) is 0 Å². The molecule has 19 heavy (non-hydrogen) atoms. The van der Waals surface area contributed by atoms with Crippen LogP contribution in [0.25, 0.3) is 0 Å². The molecule has 2 N–H and O–H groups in total. The molecule has 100 valence electrons. The molecule has 0 spiro atoms. The van der Waals surface area contributed by atoms with Crippen LogP contribution in [0.4, 0.5) is 5.69 Å². The van der Waals surface area contributed by atoms with Gasteiger partial charge in [0.1, 0.15) is 0 Å². The molecule has 1 fully saturated rings. The maximum absolute atomic E-state index is 10.9. The number of carboxylic acids is 1. The topological polar surface area (TPSA) is 52.6 Å². The van der Waals surface area contributed by atoms with Crippen LogP contribution >= 0.6 is 0 Å². The van der Waals surface area contributed by atoms with Crippen molar-refractivity contribution in [3.63, 3.8) is 0 Å². The third-order valence-corrected chi connectivity index (χ3v) is 3.45. The van der Waals surface area contributed by atoms with E-state index in [2.05, 4.69) is 16.1 Å². The van der Waals surface area contributed by atoms with Crippen LogP contribution in [0.3, 0.4) is 0 Å². The number of carboxylic acid groups (broad SMARTS) is 1. The summed E-state index contributed by atoms with van der Waals surface area (Å²) < 4.78 is 0. The Bertz CT molecular complexity index is 526. The van der Waals surface area contributed by atoms with Gasteiger partial charge in [-0.3, -0.25) is 4.79 Å². The molecule has 0 amide bonds. The number of aliphatic carboxylic acids is 1. The molecule has 0 aliphatic carbocycles. The van der Waals surface area contributed by atoms with Crippen molar-refractivity contribution < 1.29 is 9.90 Å². The van der Waals surface area contributed by atoms with Crippen molar-refractivity contribution >= 4 is 11.7 Å². The number of nitrogens with one attached hydrogen (secondary N) is 1. The van der Waals surface area contributed by atoms with Crippen LogP contribution in [0.15, 0.2) is 12.1 Å². The summed E-state index contributed by atoms with van der Waals surface area (Å²) in [4.78, 5) is 13.2. The van der Waals surface area contributed by atoms with E-state index in [4.69, 9.17) is 11.5 Å². The van der Waals surface area contributed by atoms with Crippen LogP contribution in [0.5, 0.6) is 0 Å². The molecular formula is C15H18N2O2. The fourth-order valence-corrected chi connectivity index (χ4v) is 2.42. The number of hydrogen-bond acceptors (Lipinski definition) is 3. The second-order valence-corrected chi connectivity index (χ2v) is 4.73. The van der Waals surface area contributed by atoms with Crippen LogP contribution in [-0.2, 0) is 11.2 Å². The minimum atomic E-state index is -0.830. The van der Waals surface area contributed by atoms with Crippen molar-refractivity contribution in [3.8, 4) is 12.3 Å². The van der Waals surface area contributed by atoms with Gasteiger partial charge in [-0.25, -0.2) is 0 Å². The van der Waals surface area contributed by atoms with Crippen molar-refractivity contribution in [2.45, 2.75) is 13.3 Å². The molecule has 1 aliphatic rings. The van der Waals surface area contributed by atoms with E-state index < -0.39 is 5.97 Å². The number of anilines is 1. The highest BCUT2D eigenvalue weighted by Crippen LogP contribution is 2.26. The maximum atomic E-state index is 10.9. The number of terminal acetylenes is 1. The summed E-state index contributed by atoms with van der Waals surface area (Å²) in [5.41, 5.74) is 3.63. The lowest BCUT2D eigenvalue weighted by Crippen LogP contribution is -2.43. The van der Waals surface area contributed by atoms with Gasteiger partial charge in [-0.15, -0.1) is 6.42 Å². The lowest BCUT2D eigenvalue weighted by atomic mass is 9.99. The fourth-order valence-electron chi connectivity index (χ4n) is 2.42. The van der Waals surface area contributed by atoms with Crippen LogP contribution in [0, 0.1) is 19.3 Å². The molecule has 0 radical (unpaired) electrons. The quantitative estimate of drug-likeness (QED) is 0.795. The van der Waals surface area contributed by atoms with Crippen LogP contribution < -0.4 is 10.2 Å². The molecule has 4 nitrogen and oxygen atoms in total. The standard InChI is InChI=1S/C15H18N2O2/c1-3-12-8-13(10-15(18)19)11(2)14(9-12)17-6-4-16-5-7-17/h1,8-9,16H,4-7,10H2,2H3,(H,18,19). The highest BCUT2D eigenvalue weighted by Gasteiger charge is 2.16. The largest absolute Gasteiger partial charge is 0.481 e. The molecule has 1 heterocycles. The molecular weight excluding hydrogens is 240 g/mol. The van der Waals surface area contributed by atoms with E-state index >= 15 is 0 Å². The molecule has 0 atom stereocenters. The fraction of sp³-hybridized carbons (Fsp3) is 0.400. The Labute approximate surface area is 113 Å². The molecule has 0 saturated carbocycles. The van der Waals surface area contributed by atoms with Crippen molar-refractivity contribution in [2.75, 3.05) is 31.1 Å². The van der Waals surface area contributed by atoms with E-state index in [0.717, 1.165) is 48.6 Å². The zero-order valence-electron chi connectivity index (χ0n) is 11.1. The van der Waals surface area contributed by atoms with Gasteiger partial charge in [-0.2, -0.15) is 0 Å². The summed E-state index contributed by atoms with van der Waals surface area (Å²) in [6.45, 7) is 5.68. The summed E-state index contributed by atoms with van der Waals surface area (Å²) >= 11 is 0. The first-order valence-corrected chi connectivity index (χ1v) is 6.39. The first kappa shape index (κ1) is 13.4. The van der Waals surface area contributed by atoms with Crippen molar-refractivity contribution in [2.24, 2.45) is 0 Å². The van der Waals surface area contributed by atoms with Gasteiger partial charge >= 0.3 is 5.97 Å². The van der Waals surface area contributed by atoms with Gasteiger partial charge < -0.3 is 15.3 Å². The molecule has 1 saturated heterocycles. The predicted octanol–water partition coefficient (Wildman–Crippen LogP) is 1.01. The lowest BCUT2D eigenvalue weighted by molar-refractivity contribution is -0.136. The molecule has 0 unspecified atom stereocenters. The van der Waals surface area contributed by atoms with Crippen molar-refractivity contribution in [3.05, 3.63) is 28.8 Å². The summed E-state index contributed by atoms with van der Waals surface area (Å²) in [5, 5.41) is 12.3. The number of carbonyl (C=O) groups is 1. The number of benzene rings is 1. The first-order valence-electron chi connectivity index (χ1n) is 6.39. The summed E-state index contributed by atoms with van der Waals surface area (Å²) in [5.74, 6) is 1.78. The van der Waals surface area contributed by atoms with Crippen molar-refractivity contribution in [1.29, 1.82) is 0 Å². The van der Waals surface area contributed by atoms with Crippen LogP contribution in [0.1, 0.15) is 16.7 Å². The zero-order valence-corrected chi connectivity index (χ0v) is 11.1. The Morgan fingerprint density at radius 3 is 2.74 bits per heavy atom. The Hall–Kier alpha value is -1.99. The van der Waals surface area contributed by atoms with E-state index in [1.165, 1.54) is 0 Å². The number of hydrogen-bond donors (Lipinski definition) is 2. The zero-order chi connectivity index (χ0) is 13.8. The normalized spacial score (nSPS) is 15.1. The summed E-state index contributed by atoms with van der Waals surface area (Å²) in [6, 6.07) is 3.78. The third kappa shape index (κ3) is 3.07. The van der Waals surface area contributed by atoms with Gasteiger partial charge in [-0.1, -0.05) is 5.92 Å². The van der Waals surface area contributed by atoms with E-state index in [-0.39, 0.29) is 6.42 Å². The first-order chi connectivity index (χ1) is 9.11. The minimum absolute atomic E-state index is 0.0143. The van der Waals surface area contributed by atoms with E-state index in [1.807, 2.05) is 13.0 Å². The third-order valence-electron chi connectivity index (χ3n) is 3.45. The van der Waals surface area contributed by atoms with Gasteiger partial charge in [0.15, 0.2) is 0 Å². The van der Waals surface area contributed by atoms with Gasteiger partial charge in [0.2, 0.25) is 0 Å². The smallest absolute Gasteiger partial charge is 0.307 e. The Morgan fingerprint density at radius 1 is 1.47 bits per heavy atom. The average molecular weight is 258 g/mol. The lowest BCUT2D eigenvalue weighted by Gasteiger charge is -2.31. The van der Waals surface area contributed by atoms with E-state index in [9.17, 15) is 4.79 Å². The van der Waals surface area contributed by atoms with E-state index in [1.54, 1.807) is 6.07 Å². The molecule has 4 heteroatoms. The molecule has 0 bridgehead atoms. The Balaban J connectivity index is 2.41. The van der Waals surface area contributed by atoms with Gasteiger partial charge in [0.05, 0.1) is 6.42 Å². The predicted molar refractivity (Wildman–Crippen MR) is 75.5 cm³/mol. The van der Waals surface area contributed by atoms with Crippen molar-refractivity contribution in [1.82, 2.24) is 5.32 Å². The number of nitrogens with zero attached hydrogens (tertiary/aromatic N) is 1. The van der Waals surface area contributed by atoms with Crippen LogP contribution in [-0.4, -0.2) is 37.3 Å². The molecule has 0 aromatic heterocycles. The van der Waals surface area contributed by atoms with Gasteiger partial charge in [-0.05, 0) is 30.2 Å². The number of rotatable bonds is 3. The number of piperazine rings is 1. The highest BCUT2D eigenvalue weighted by molar-refractivity contribution is 5.73. The minimum Gasteiger partial charge on any atom is -0.481 e. The highest BCUT2D eigenvalue weighted by atomic mass is 16.4. The SMILES string of the molecule is C#Cc1cc(CC(=O)O)c(C)c(N2CCNCC2)c1. The molecule has 1 aliphatic heterocycles. The van der Waals surface area contributed by atoms with Crippen LogP contribution in [0.2, 0.25) is 0 Å². The second-order valence-electron chi connectivity index (χ2n) is 4.73. The maximum Gasteiger partial charge on any atom is 0.307 e. The van der Waals surface area contributed by atoms with E-state index in [0.29, 0.717) is 0 Å². The average Bonchev–Trinajstić information content (AvgIpc) is 2.41. The molecule has 2 rings (SSSR count).